The van der Waals surface area contributed by atoms with Crippen molar-refractivity contribution in [1.82, 2.24) is 5.32 Å². The first-order valence-electron chi connectivity index (χ1n) is 6.71. The number of hydrogen-bond donors (Lipinski definition) is 1. The number of carbonyl (C=O) groups is 3. The number of imide groups is 1. The number of nitrogens with one attached hydrogen (secondary N) is 1. The minimum atomic E-state index is -4.49. The first-order valence-corrected chi connectivity index (χ1v) is 6.71. The van der Waals surface area contributed by atoms with Crippen LogP contribution in [0.1, 0.15) is 18.1 Å². The third-order valence-electron chi connectivity index (χ3n) is 2.49. The minimum Gasteiger partial charge on any atom is -0.452 e. The molecule has 0 unspecified atom stereocenters. The van der Waals surface area contributed by atoms with Crippen LogP contribution in [0.4, 0.5) is 18.0 Å². The van der Waals surface area contributed by atoms with E-state index in [1.54, 1.807) is 6.92 Å². The van der Waals surface area contributed by atoms with Crippen molar-refractivity contribution in [3.05, 3.63) is 41.5 Å². The van der Waals surface area contributed by atoms with Crippen molar-refractivity contribution in [1.29, 1.82) is 0 Å². The maximum absolute atomic E-state index is 12.5. The van der Waals surface area contributed by atoms with Crippen molar-refractivity contribution in [3.63, 3.8) is 0 Å². The van der Waals surface area contributed by atoms with Gasteiger partial charge in [-0.1, -0.05) is 12.1 Å². The fraction of sp³-hybridized carbons (Fsp3) is 0.267. The van der Waals surface area contributed by atoms with E-state index in [4.69, 9.17) is 0 Å². The monoisotopic (exact) mass is 345 g/mol. The molecule has 0 spiro atoms. The van der Waals surface area contributed by atoms with Crippen molar-refractivity contribution < 1.29 is 37.0 Å². The van der Waals surface area contributed by atoms with Gasteiger partial charge in [-0.05, 0) is 30.7 Å². The number of esters is 1. The Morgan fingerprint density at radius 1 is 1.21 bits per heavy atom. The van der Waals surface area contributed by atoms with Crippen LogP contribution in [0, 0.1) is 0 Å². The van der Waals surface area contributed by atoms with Gasteiger partial charge in [0.2, 0.25) is 0 Å². The number of hydrogen-bond acceptors (Lipinski definition) is 5. The summed E-state index contributed by atoms with van der Waals surface area (Å²) in [6, 6.07) is 4.32. The maximum atomic E-state index is 12.5. The minimum absolute atomic E-state index is 0.0681. The quantitative estimate of drug-likeness (QED) is 0.655. The highest BCUT2D eigenvalue weighted by Gasteiger charge is 2.30. The molecule has 0 atom stereocenters. The Morgan fingerprint density at radius 2 is 1.92 bits per heavy atom. The van der Waals surface area contributed by atoms with Crippen molar-refractivity contribution in [3.8, 4) is 0 Å². The van der Waals surface area contributed by atoms with Gasteiger partial charge in [-0.3, -0.25) is 10.1 Å². The summed E-state index contributed by atoms with van der Waals surface area (Å²) in [5.74, 6) is -1.85. The molecule has 0 bridgehead atoms. The number of rotatable bonds is 5. The molecule has 1 aromatic carbocycles. The first-order chi connectivity index (χ1) is 11.2. The molecule has 0 heterocycles. The molecule has 0 saturated heterocycles. The Bertz CT molecular complexity index is 640. The van der Waals surface area contributed by atoms with E-state index >= 15 is 0 Å². The fourth-order valence-electron chi connectivity index (χ4n) is 1.48. The molecule has 0 saturated carbocycles. The predicted octanol–water partition coefficient (Wildman–Crippen LogP) is 2.53. The number of halogens is 3. The van der Waals surface area contributed by atoms with Crippen LogP contribution in [0.25, 0.3) is 6.08 Å². The van der Waals surface area contributed by atoms with E-state index in [9.17, 15) is 27.6 Å². The van der Waals surface area contributed by atoms with E-state index in [2.05, 4.69) is 9.47 Å². The third kappa shape index (κ3) is 6.95. The summed E-state index contributed by atoms with van der Waals surface area (Å²) in [5.41, 5.74) is -0.718. The molecule has 6 nitrogen and oxygen atoms in total. The fourth-order valence-corrected chi connectivity index (χ4v) is 1.48. The van der Waals surface area contributed by atoms with Crippen molar-refractivity contribution in [2.45, 2.75) is 13.1 Å². The SMILES string of the molecule is CCOC(=O)NC(=O)COC(=O)/C=C\c1cccc(C(F)(F)F)c1. The number of alkyl halides is 3. The number of benzene rings is 1. The van der Waals surface area contributed by atoms with Gasteiger partial charge < -0.3 is 9.47 Å². The molecule has 0 radical (unpaired) electrons. The normalized spacial score (nSPS) is 11.2. The van der Waals surface area contributed by atoms with Gasteiger partial charge in [0.1, 0.15) is 0 Å². The molecule has 0 aromatic heterocycles. The van der Waals surface area contributed by atoms with Crippen LogP contribution >= 0.6 is 0 Å². The molecule has 1 aromatic rings. The molecule has 9 heteroatoms. The summed E-state index contributed by atoms with van der Waals surface area (Å²) in [6.45, 7) is 0.881. The van der Waals surface area contributed by atoms with Crippen molar-refractivity contribution in [2.24, 2.45) is 0 Å². The smallest absolute Gasteiger partial charge is 0.416 e. The molecular weight excluding hydrogens is 331 g/mol. The molecule has 24 heavy (non-hydrogen) atoms. The summed E-state index contributed by atoms with van der Waals surface area (Å²) < 4.78 is 46.6. The predicted molar refractivity (Wildman–Crippen MR) is 76.6 cm³/mol. The van der Waals surface area contributed by atoms with Crippen LogP contribution in [0.15, 0.2) is 30.3 Å². The lowest BCUT2D eigenvalue weighted by atomic mass is 10.1. The second-order valence-corrected chi connectivity index (χ2v) is 4.33. The van der Waals surface area contributed by atoms with Crippen LogP contribution in [0.3, 0.4) is 0 Å². The number of amides is 2. The molecule has 2 amide bonds. The van der Waals surface area contributed by atoms with Crippen molar-refractivity contribution >= 4 is 24.0 Å². The highest BCUT2D eigenvalue weighted by atomic mass is 19.4. The highest BCUT2D eigenvalue weighted by Crippen LogP contribution is 2.29. The highest BCUT2D eigenvalue weighted by molar-refractivity contribution is 5.94. The number of alkyl carbamates (subject to hydrolysis) is 1. The van der Waals surface area contributed by atoms with E-state index in [1.165, 1.54) is 12.1 Å². The Kier molecular flexibility index (Phi) is 6.97. The largest absolute Gasteiger partial charge is 0.452 e. The van der Waals surface area contributed by atoms with Crippen molar-refractivity contribution in [2.75, 3.05) is 13.2 Å². The standard InChI is InChI=1S/C15H14F3NO5/c1-2-23-14(22)19-12(20)9-24-13(21)7-6-10-4-3-5-11(8-10)15(16,17)18/h3-8H,2,9H2,1H3,(H,19,20,22)/b7-6-. The Balaban J connectivity index is 2.52. The van der Waals surface area contributed by atoms with E-state index in [-0.39, 0.29) is 12.2 Å². The van der Waals surface area contributed by atoms with Crippen LogP contribution < -0.4 is 5.32 Å². The number of ether oxygens (including phenoxy) is 2. The van der Waals surface area contributed by atoms with E-state index in [0.717, 1.165) is 24.3 Å². The topological polar surface area (TPSA) is 81.7 Å². The van der Waals surface area contributed by atoms with Crippen LogP contribution in [-0.2, 0) is 25.2 Å². The zero-order valence-electron chi connectivity index (χ0n) is 12.6. The van der Waals surface area contributed by atoms with Crippen LogP contribution in [-0.4, -0.2) is 31.2 Å². The first kappa shape index (κ1) is 19.2. The van der Waals surface area contributed by atoms with Gasteiger partial charge in [-0.25, -0.2) is 9.59 Å². The summed E-state index contributed by atoms with van der Waals surface area (Å²) in [7, 11) is 0. The van der Waals surface area contributed by atoms with Gasteiger partial charge in [0.25, 0.3) is 5.91 Å². The molecule has 1 rings (SSSR count). The number of carbonyl (C=O) groups excluding carboxylic acids is 3. The van der Waals surface area contributed by atoms with E-state index in [1.807, 2.05) is 5.32 Å². The molecule has 0 aliphatic carbocycles. The second-order valence-electron chi connectivity index (χ2n) is 4.33. The molecule has 1 N–H and O–H groups in total. The molecule has 130 valence electrons. The lowest BCUT2D eigenvalue weighted by Gasteiger charge is -2.06. The third-order valence-corrected chi connectivity index (χ3v) is 2.49. The molecular formula is C15H14F3NO5. The van der Waals surface area contributed by atoms with Gasteiger partial charge in [0.15, 0.2) is 6.61 Å². The van der Waals surface area contributed by atoms with Crippen LogP contribution in [0.5, 0.6) is 0 Å². The second kappa shape index (κ2) is 8.70. The summed E-state index contributed by atoms with van der Waals surface area (Å²) in [5, 5.41) is 1.81. The van der Waals surface area contributed by atoms with Crippen LogP contribution in [0.2, 0.25) is 0 Å². The zero-order chi connectivity index (χ0) is 18.2. The summed E-state index contributed by atoms with van der Waals surface area (Å²) in [4.78, 5) is 33.5. The Labute approximate surface area is 135 Å². The average Bonchev–Trinajstić information content (AvgIpc) is 2.50. The Hall–Kier alpha value is -2.84. The maximum Gasteiger partial charge on any atom is 0.416 e. The summed E-state index contributed by atoms with van der Waals surface area (Å²) in [6.07, 6.45) is -3.48. The van der Waals surface area contributed by atoms with E-state index < -0.39 is 36.3 Å². The van der Waals surface area contributed by atoms with Gasteiger partial charge >= 0.3 is 18.2 Å². The summed E-state index contributed by atoms with van der Waals surface area (Å²) >= 11 is 0. The van der Waals surface area contributed by atoms with Gasteiger partial charge in [0, 0.05) is 6.08 Å². The lowest BCUT2D eigenvalue weighted by molar-refractivity contribution is -0.143. The van der Waals surface area contributed by atoms with Gasteiger partial charge in [0.05, 0.1) is 12.2 Å². The average molecular weight is 345 g/mol. The molecule has 0 aliphatic heterocycles. The zero-order valence-corrected chi connectivity index (χ0v) is 12.6. The van der Waals surface area contributed by atoms with E-state index in [0.29, 0.717) is 0 Å². The Morgan fingerprint density at radius 3 is 2.54 bits per heavy atom. The molecule has 0 fully saturated rings. The van der Waals surface area contributed by atoms with Gasteiger partial charge in [-0.2, -0.15) is 13.2 Å². The lowest BCUT2D eigenvalue weighted by Crippen LogP contribution is -2.34. The van der Waals surface area contributed by atoms with Gasteiger partial charge in [-0.15, -0.1) is 0 Å². The molecule has 0 aliphatic rings.